The molecular weight excluding hydrogens is 553 g/mol. The maximum Gasteiger partial charge on any atom is 0.338 e. The molecule has 0 amide bonds. The number of nitrogens with zero attached hydrogens (tertiary/aromatic N) is 3. The number of hydrogen-bond donors (Lipinski definition) is 0. The number of para-hydroxylation sites is 1. The van der Waals surface area contributed by atoms with Crippen LogP contribution in [0.5, 0.6) is 5.75 Å². The number of halogens is 1. The molecule has 42 heavy (non-hydrogen) atoms. The normalized spacial score (nSPS) is 15.0. The average Bonchev–Trinajstić information content (AvgIpc) is 3.49. The number of methoxy groups -OCH3 is 1. The minimum Gasteiger partial charge on any atom is -0.497 e. The van der Waals surface area contributed by atoms with Crippen molar-refractivity contribution in [1.82, 2.24) is 9.13 Å². The van der Waals surface area contributed by atoms with Gasteiger partial charge in [-0.15, -0.1) is 0 Å². The standard InChI is InChI=1S/C33H28FN3O4S/c1-4-41-32(39)29-20(2)35-33-37(30(29)21-11-9-12-24(16-21)40-3)31(38)28(42-33)17-23-19-36(27-15-8-6-13-25(23)27)18-22-10-5-7-14-26(22)34/h5-17,19,30H,4,18H2,1-3H3/b28-17-/t30-/m0/s1. The first-order valence-corrected chi connectivity index (χ1v) is 14.4. The van der Waals surface area contributed by atoms with Crippen LogP contribution in [0, 0.1) is 5.82 Å². The van der Waals surface area contributed by atoms with Crippen LogP contribution in [0.25, 0.3) is 17.0 Å². The minimum atomic E-state index is -0.736. The van der Waals surface area contributed by atoms with Gasteiger partial charge < -0.3 is 14.0 Å². The predicted molar refractivity (Wildman–Crippen MR) is 161 cm³/mol. The number of esters is 1. The summed E-state index contributed by atoms with van der Waals surface area (Å²) in [6.45, 7) is 4.04. The zero-order valence-corrected chi connectivity index (χ0v) is 24.2. The zero-order chi connectivity index (χ0) is 29.4. The Hall–Kier alpha value is -4.76. The van der Waals surface area contributed by atoms with Crippen LogP contribution in [0.2, 0.25) is 0 Å². The molecule has 2 aromatic heterocycles. The number of carbonyl (C=O) groups excluding carboxylic acids is 1. The van der Waals surface area contributed by atoms with Crippen LogP contribution in [0.1, 0.15) is 36.6 Å². The molecule has 0 radical (unpaired) electrons. The van der Waals surface area contributed by atoms with Gasteiger partial charge >= 0.3 is 5.97 Å². The van der Waals surface area contributed by atoms with E-state index in [1.807, 2.05) is 71.4 Å². The summed E-state index contributed by atoms with van der Waals surface area (Å²) in [5.74, 6) is -0.178. The lowest BCUT2D eigenvalue weighted by Gasteiger charge is -2.25. The van der Waals surface area contributed by atoms with Gasteiger partial charge in [-0.25, -0.2) is 14.2 Å². The topological polar surface area (TPSA) is 74.8 Å². The molecular formula is C33H28FN3O4S. The van der Waals surface area contributed by atoms with Crippen LogP contribution in [0.3, 0.4) is 0 Å². The van der Waals surface area contributed by atoms with E-state index in [2.05, 4.69) is 4.99 Å². The fraction of sp³-hybridized carbons (Fsp3) is 0.182. The second-order valence-corrected chi connectivity index (χ2v) is 10.9. The predicted octanol–water partition coefficient (Wildman–Crippen LogP) is 4.95. The molecule has 0 N–H and O–H groups in total. The first-order valence-electron chi connectivity index (χ1n) is 13.5. The molecule has 0 unspecified atom stereocenters. The van der Waals surface area contributed by atoms with E-state index in [-0.39, 0.29) is 18.0 Å². The van der Waals surface area contributed by atoms with Gasteiger partial charge in [-0.2, -0.15) is 0 Å². The second-order valence-electron chi connectivity index (χ2n) is 9.90. The molecule has 0 aliphatic carbocycles. The first-order chi connectivity index (χ1) is 20.4. The Balaban J connectivity index is 1.53. The lowest BCUT2D eigenvalue weighted by molar-refractivity contribution is -0.139. The highest BCUT2D eigenvalue weighted by molar-refractivity contribution is 7.07. The summed E-state index contributed by atoms with van der Waals surface area (Å²) in [4.78, 5) is 32.4. The largest absolute Gasteiger partial charge is 0.497 e. The van der Waals surface area contributed by atoms with E-state index in [0.29, 0.717) is 44.0 Å². The summed E-state index contributed by atoms with van der Waals surface area (Å²) in [6.07, 6.45) is 3.78. The first kappa shape index (κ1) is 27.4. The molecule has 212 valence electrons. The van der Waals surface area contributed by atoms with Gasteiger partial charge in [-0.3, -0.25) is 9.36 Å². The molecule has 6 rings (SSSR count). The fourth-order valence-corrected chi connectivity index (χ4v) is 6.43. The van der Waals surface area contributed by atoms with Crippen LogP contribution in [0.4, 0.5) is 4.39 Å². The molecule has 7 nitrogen and oxygen atoms in total. The van der Waals surface area contributed by atoms with Gasteiger partial charge in [0.15, 0.2) is 4.80 Å². The highest BCUT2D eigenvalue weighted by Gasteiger charge is 2.33. The lowest BCUT2D eigenvalue weighted by atomic mass is 9.95. The Morgan fingerprint density at radius 3 is 2.67 bits per heavy atom. The van der Waals surface area contributed by atoms with Crippen LogP contribution in [-0.2, 0) is 16.1 Å². The quantitative estimate of drug-likeness (QED) is 0.255. The number of hydrogen-bond acceptors (Lipinski definition) is 6. The van der Waals surface area contributed by atoms with Crippen LogP contribution in [0.15, 0.2) is 100 Å². The molecule has 1 atom stereocenters. The second kappa shape index (κ2) is 11.3. The smallest absolute Gasteiger partial charge is 0.338 e. The molecule has 0 saturated carbocycles. The van der Waals surface area contributed by atoms with Crippen LogP contribution < -0.4 is 19.6 Å². The Morgan fingerprint density at radius 2 is 1.88 bits per heavy atom. The summed E-state index contributed by atoms with van der Waals surface area (Å²) in [5.41, 5.74) is 3.57. The van der Waals surface area contributed by atoms with Crippen molar-refractivity contribution in [2.45, 2.75) is 26.4 Å². The Morgan fingerprint density at radius 1 is 1.10 bits per heavy atom. The van der Waals surface area contributed by atoms with E-state index in [9.17, 15) is 14.0 Å². The van der Waals surface area contributed by atoms with E-state index < -0.39 is 12.0 Å². The van der Waals surface area contributed by atoms with E-state index in [4.69, 9.17) is 9.47 Å². The number of fused-ring (bicyclic) bond motifs is 2. The minimum absolute atomic E-state index is 0.196. The summed E-state index contributed by atoms with van der Waals surface area (Å²) in [6, 6.07) is 21.1. The van der Waals surface area contributed by atoms with Crippen LogP contribution in [-0.4, -0.2) is 28.8 Å². The number of thiazole rings is 1. The van der Waals surface area contributed by atoms with Gasteiger partial charge in [0.2, 0.25) is 0 Å². The van der Waals surface area contributed by atoms with Crippen molar-refractivity contribution >= 4 is 34.3 Å². The molecule has 0 saturated heterocycles. The lowest BCUT2D eigenvalue weighted by Crippen LogP contribution is -2.39. The molecule has 1 aliphatic heterocycles. The SMILES string of the molecule is CCOC(=O)C1=C(C)N=c2s/c(=C\c3cn(Cc4ccccc4F)c4ccccc34)c(=O)n2[C@H]1c1cccc(OC)c1. The third-order valence-corrected chi connectivity index (χ3v) is 8.31. The summed E-state index contributed by atoms with van der Waals surface area (Å²) < 4.78 is 29.3. The highest BCUT2D eigenvalue weighted by atomic mass is 32.1. The monoisotopic (exact) mass is 581 g/mol. The third kappa shape index (κ3) is 4.86. The van der Waals surface area contributed by atoms with Crippen molar-refractivity contribution < 1.29 is 18.7 Å². The average molecular weight is 582 g/mol. The van der Waals surface area contributed by atoms with Crippen LogP contribution >= 0.6 is 11.3 Å². The number of ether oxygens (including phenoxy) is 2. The maximum atomic E-state index is 14.5. The van der Waals surface area contributed by atoms with Gasteiger partial charge in [0.1, 0.15) is 11.6 Å². The van der Waals surface area contributed by atoms with Crippen molar-refractivity contribution in [1.29, 1.82) is 0 Å². The molecule has 3 aromatic carbocycles. The van der Waals surface area contributed by atoms with Gasteiger partial charge in [-0.1, -0.05) is 59.9 Å². The molecule has 3 heterocycles. The van der Waals surface area contributed by atoms with Gasteiger partial charge in [-0.05, 0) is 49.8 Å². The molecule has 1 aliphatic rings. The van der Waals surface area contributed by atoms with Gasteiger partial charge in [0, 0.05) is 28.2 Å². The maximum absolute atomic E-state index is 14.5. The van der Waals surface area contributed by atoms with Crippen molar-refractivity contribution in [2.24, 2.45) is 4.99 Å². The summed E-state index contributed by atoms with van der Waals surface area (Å²) in [5, 5.41) is 0.937. The highest BCUT2D eigenvalue weighted by Crippen LogP contribution is 2.32. The number of rotatable bonds is 7. The van der Waals surface area contributed by atoms with Crippen molar-refractivity contribution in [2.75, 3.05) is 13.7 Å². The van der Waals surface area contributed by atoms with Gasteiger partial charge in [0.25, 0.3) is 5.56 Å². The Labute approximate surface area is 245 Å². The van der Waals surface area contributed by atoms with Crippen molar-refractivity contribution in [3.63, 3.8) is 0 Å². The zero-order valence-electron chi connectivity index (χ0n) is 23.3. The molecule has 0 fully saturated rings. The summed E-state index contributed by atoms with van der Waals surface area (Å²) >= 11 is 1.26. The molecule has 9 heteroatoms. The Kier molecular flexibility index (Phi) is 7.34. The fourth-order valence-electron chi connectivity index (χ4n) is 5.39. The van der Waals surface area contributed by atoms with E-state index in [1.165, 1.54) is 17.4 Å². The number of aromatic nitrogens is 2. The Bertz CT molecular complexity index is 2050. The summed E-state index contributed by atoms with van der Waals surface area (Å²) in [7, 11) is 1.57. The third-order valence-electron chi connectivity index (χ3n) is 7.33. The number of benzene rings is 3. The molecule has 0 spiro atoms. The van der Waals surface area contributed by atoms with E-state index >= 15 is 0 Å². The van der Waals surface area contributed by atoms with E-state index in [1.54, 1.807) is 37.7 Å². The van der Waals surface area contributed by atoms with Crippen molar-refractivity contribution in [3.8, 4) is 5.75 Å². The number of carbonyl (C=O) groups is 1. The van der Waals surface area contributed by atoms with Crippen molar-refractivity contribution in [3.05, 3.63) is 132 Å². The molecule has 0 bridgehead atoms. The van der Waals surface area contributed by atoms with E-state index in [0.717, 1.165) is 16.5 Å². The number of allylic oxidation sites excluding steroid dienone is 1. The molecule has 5 aromatic rings. The van der Waals surface area contributed by atoms with Gasteiger partial charge in [0.05, 0.1) is 42.1 Å².